The number of likely N-dealkylation sites (tertiary alicyclic amines) is 1. The number of benzene rings is 1. The van der Waals surface area contributed by atoms with E-state index in [4.69, 9.17) is 0 Å². The van der Waals surface area contributed by atoms with Crippen molar-refractivity contribution < 1.29 is 0 Å². The van der Waals surface area contributed by atoms with Crippen molar-refractivity contribution in [3.8, 4) is 11.3 Å². The van der Waals surface area contributed by atoms with Crippen LogP contribution < -0.4 is 10.9 Å². The van der Waals surface area contributed by atoms with Crippen LogP contribution in [0.25, 0.3) is 11.3 Å². The van der Waals surface area contributed by atoms with Crippen molar-refractivity contribution in [2.75, 3.05) is 18.9 Å². The second-order valence-electron chi connectivity index (χ2n) is 5.94. The van der Waals surface area contributed by atoms with E-state index in [-0.39, 0.29) is 5.56 Å². The van der Waals surface area contributed by atoms with Gasteiger partial charge in [0.05, 0.1) is 5.69 Å². The molecule has 1 aromatic heterocycles. The minimum atomic E-state index is -0.104. The summed E-state index contributed by atoms with van der Waals surface area (Å²) < 4.78 is 0. The highest BCUT2D eigenvalue weighted by atomic mass is 16.1. The quantitative estimate of drug-likeness (QED) is 0.811. The molecule has 21 heavy (non-hydrogen) atoms. The maximum absolute atomic E-state index is 11.1. The summed E-state index contributed by atoms with van der Waals surface area (Å²) in [6.07, 6.45) is 2.34. The third kappa shape index (κ3) is 3.19. The zero-order chi connectivity index (χ0) is 14.8. The van der Waals surface area contributed by atoms with Gasteiger partial charge in [-0.25, -0.2) is 0 Å². The third-order valence-electron chi connectivity index (χ3n) is 4.37. The maximum atomic E-state index is 11.1. The molecule has 1 fully saturated rings. The second-order valence-corrected chi connectivity index (χ2v) is 5.94. The average Bonchev–Trinajstić information content (AvgIpc) is 2.90. The maximum Gasteiger partial charge on any atom is 0.264 e. The minimum Gasteiger partial charge on any atom is -0.382 e. The summed E-state index contributed by atoms with van der Waals surface area (Å²) >= 11 is 0. The third-order valence-corrected chi connectivity index (χ3v) is 4.37. The lowest BCUT2D eigenvalue weighted by Crippen LogP contribution is -2.42. The molecule has 0 radical (unpaired) electrons. The molecule has 1 aliphatic rings. The standard InChI is InChI=1S/C16H22N4O/c1-11-9-14(7-8-20(11)2)17-13-5-3-12(4-6-13)15-10-16(21)19-18-15/h3-6,10-11,14,17H,7-9H2,1-2H3,(H2,18,19,21). The lowest BCUT2D eigenvalue weighted by Gasteiger charge is -2.35. The summed E-state index contributed by atoms with van der Waals surface area (Å²) in [7, 11) is 2.19. The molecule has 3 rings (SSSR count). The zero-order valence-corrected chi connectivity index (χ0v) is 12.5. The van der Waals surface area contributed by atoms with Crippen LogP contribution in [0.1, 0.15) is 19.8 Å². The molecule has 0 aliphatic carbocycles. The van der Waals surface area contributed by atoms with Crippen LogP contribution in [0.15, 0.2) is 35.1 Å². The van der Waals surface area contributed by atoms with E-state index in [0.29, 0.717) is 12.1 Å². The molecule has 112 valence electrons. The van der Waals surface area contributed by atoms with E-state index in [2.05, 4.69) is 46.5 Å². The molecule has 2 unspecified atom stereocenters. The number of aromatic amines is 2. The molecule has 0 spiro atoms. The van der Waals surface area contributed by atoms with E-state index in [1.807, 2.05) is 12.1 Å². The fraction of sp³-hybridized carbons (Fsp3) is 0.438. The Morgan fingerprint density at radius 2 is 2.00 bits per heavy atom. The fourth-order valence-corrected chi connectivity index (χ4v) is 2.89. The minimum absolute atomic E-state index is 0.104. The molecule has 3 N–H and O–H groups in total. The van der Waals surface area contributed by atoms with Crippen molar-refractivity contribution in [2.24, 2.45) is 0 Å². The molecule has 1 aliphatic heterocycles. The van der Waals surface area contributed by atoms with Crippen LogP contribution in [-0.4, -0.2) is 40.8 Å². The zero-order valence-electron chi connectivity index (χ0n) is 12.5. The molecule has 5 heteroatoms. The first-order valence-electron chi connectivity index (χ1n) is 7.47. The van der Waals surface area contributed by atoms with E-state index in [0.717, 1.165) is 23.5 Å². The van der Waals surface area contributed by atoms with Crippen LogP contribution in [-0.2, 0) is 0 Å². The van der Waals surface area contributed by atoms with Gasteiger partial charge in [0, 0.05) is 30.4 Å². The molecule has 2 heterocycles. The second kappa shape index (κ2) is 5.77. The predicted molar refractivity (Wildman–Crippen MR) is 85.6 cm³/mol. The van der Waals surface area contributed by atoms with Gasteiger partial charge in [-0.15, -0.1) is 0 Å². The Balaban J connectivity index is 1.66. The number of nitrogens with one attached hydrogen (secondary N) is 3. The summed E-state index contributed by atoms with van der Waals surface area (Å²) in [5.74, 6) is 0. The van der Waals surface area contributed by atoms with Gasteiger partial charge in [0.15, 0.2) is 0 Å². The molecule has 1 aromatic carbocycles. The predicted octanol–water partition coefficient (Wildman–Crippen LogP) is 2.26. The van der Waals surface area contributed by atoms with Gasteiger partial charge in [0.1, 0.15) is 0 Å². The number of nitrogens with zero attached hydrogens (tertiary/aromatic N) is 1. The normalized spacial score (nSPS) is 23.1. The van der Waals surface area contributed by atoms with Crippen LogP contribution in [0.3, 0.4) is 0 Å². The summed E-state index contributed by atoms with van der Waals surface area (Å²) in [6, 6.07) is 10.9. The van der Waals surface area contributed by atoms with Gasteiger partial charge in [-0.3, -0.25) is 15.0 Å². The van der Waals surface area contributed by atoms with E-state index < -0.39 is 0 Å². The van der Waals surface area contributed by atoms with Gasteiger partial charge in [-0.2, -0.15) is 0 Å². The molecule has 2 atom stereocenters. The molecule has 1 saturated heterocycles. The first-order chi connectivity index (χ1) is 10.1. The summed E-state index contributed by atoms with van der Waals surface area (Å²) in [5.41, 5.74) is 2.86. The van der Waals surface area contributed by atoms with E-state index in [1.54, 1.807) is 6.07 Å². The van der Waals surface area contributed by atoms with E-state index in [9.17, 15) is 4.79 Å². The molecule has 0 bridgehead atoms. The van der Waals surface area contributed by atoms with E-state index in [1.165, 1.54) is 12.8 Å². The molecule has 5 nitrogen and oxygen atoms in total. The highest BCUT2D eigenvalue weighted by Gasteiger charge is 2.22. The molecule has 0 amide bonds. The Labute approximate surface area is 124 Å². The Morgan fingerprint density at radius 3 is 2.62 bits per heavy atom. The van der Waals surface area contributed by atoms with Crippen molar-refractivity contribution in [1.29, 1.82) is 0 Å². The molecule has 0 saturated carbocycles. The highest BCUT2D eigenvalue weighted by Crippen LogP contribution is 2.22. The lowest BCUT2D eigenvalue weighted by atomic mass is 9.98. The van der Waals surface area contributed by atoms with Gasteiger partial charge < -0.3 is 10.2 Å². The van der Waals surface area contributed by atoms with Gasteiger partial charge in [0.2, 0.25) is 0 Å². The van der Waals surface area contributed by atoms with E-state index >= 15 is 0 Å². The van der Waals surface area contributed by atoms with Crippen molar-refractivity contribution >= 4 is 5.69 Å². The topological polar surface area (TPSA) is 63.9 Å². The van der Waals surface area contributed by atoms with Crippen LogP contribution in [0.5, 0.6) is 0 Å². The number of H-pyrrole nitrogens is 2. The van der Waals surface area contributed by atoms with Gasteiger partial charge >= 0.3 is 0 Å². The molecular weight excluding hydrogens is 264 g/mol. The first-order valence-corrected chi connectivity index (χ1v) is 7.47. The first kappa shape index (κ1) is 13.9. The van der Waals surface area contributed by atoms with Crippen molar-refractivity contribution in [3.05, 3.63) is 40.7 Å². The average molecular weight is 286 g/mol. The molecular formula is C16H22N4O. The van der Waals surface area contributed by atoms with Crippen LogP contribution in [0, 0.1) is 0 Å². The number of rotatable bonds is 3. The van der Waals surface area contributed by atoms with Gasteiger partial charge in [-0.05, 0) is 44.5 Å². The Morgan fingerprint density at radius 1 is 1.24 bits per heavy atom. The number of hydrogen-bond acceptors (Lipinski definition) is 3. The Kier molecular flexibility index (Phi) is 3.84. The number of piperidine rings is 1. The summed E-state index contributed by atoms with van der Waals surface area (Å²) in [5, 5.41) is 9.03. The number of hydrogen-bond donors (Lipinski definition) is 3. The fourth-order valence-electron chi connectivity index (χ4n) is 2.89. The van der Waals surface area contributed by atoms with Crippen LogP contribution in [0.4, 0.5) is 5.69 Å². The SMILES string of the molecule is CC1CC(Nc2ccc(-c3cc(=O)[nH][nH]3)cc2)CCN1C. The van der Waals surface area contributed by atoms with Crippen LogP contribution in [0.2, 0.25) is 0 Å². The van der Waals surface area contributed by atoms with Crippen molar-refractivity contribution in [2.45, 2.75) is 31.8 Å². The van der Waals surface area contributed by atoms with Gasteiger partial charge in [-0.1, -0.05) is 12.1 Å². The smallest absolute Gasteiger partial charge is 0.264 e. The number of aromatic nitrogens is 2. The monoisotopic (exact) mass is 286 g/mol. The Bertz CT molecular complexity index is 643. The summed E-state index contributed by atoms with van der Waals surface area (Å²) in [6.45, 7) is 3.42. The van der Waals surface area contributed by atoms with Gasteiger partial charge in [0.25, 0.3) is 5.56 Å². The summed E-state index contributed by atoms with van der Waals surface area (Å²) in [4.78, 5) is 13.6. The van der Waals surface area contributed by atoms with Crippen LogP contribution >= 0.6 is 0 Å². The lowest BCUT2D eigenvalue weighted by molar-refractivity contribution is 0.190. The number of anilines is 1. The van der Waals surface area contributed by atoms with Crippen molar-refractivity contribution in [1.82, 2.24) is 15.1 Å². The molecule has 2 aromatic rings. The largest absolute Gasteiger partial charge is 0.382 e. The Hall–Kier alpha value is -2.01. The van der Waals surface area contributed by atoms with Crippen molar-refractivity contribution in [3.63, 3.8) is 0 Å². The highest BCUT2D eigenvalue weighted by molar-refractivity contribution is 5.62.